The molecule has 5 aliphatic carbocycles. The lowest BCUT2D eigenvalue weighted by Crippen LogP contribution is -2.58. The second-order valence-electron chi connectivity index (χ2n) is 10.4. The minimum atomic E-state index is -0.0506. The third-order valence-corrected chi connectivity index (χ3v) is 8.41. The Balaban J connectivity index is 1.12. The Kier molecular flexibility index (Phi) is 5.14. The van der Waals surface area contributed by atoms with Gasteiger partial charge in [0.2, 0.25) is 11.8 Å². The molecule has 1 saturated heterocycles. The van der Waals surface area contributed by atoms with E-state index in [-0.39, 0.29) is 24.0 Å². The van der Waals surface area contributed by atoms with E-state index in [1.807, 2.05) is 4.90 Å². The molecule has 0 aromatic carbocycles. The topological polar surface area (TPSA) is 49.9 Å². The van der Waals surface area contributed by atoms with Crippen molar-refractivity contribution in [3.05, 3.63) is 0 Å². The van der Waals surface area contributed by atoms with Gasteiger partial charge in [0.05, 0.1) is 11.5 Å². The van der Waals surface area contributed by atoms with Crippen LogP contribution < -0.4 is 0 Å². The molecule has 1 heterocycles. The van der Waals surface area contributed by atoms with Crippen molar-refractivity contribution >= 4 is 11.8 Å². The molecule has 5 heteroatoms. The SMILES string of the molecule is O=C(COC1CCCCC1)N1CCN(C(=O)C23CC4CC(CC(C4)C2)C3)CC1. The fourth-order valence-corrected chi connectivity index (χ4v) is 7.38. The van der Waals surface area contributed by atoms with Crippen LogP contribution in [-0.4, -0.2) is 60.5 Å². The fourth-order valence-electron chi connectivity index (χ4n) is 7.38. The molecule has 5 nitrogen and oxygen atoms in total. The molecule has 4 bridgehead atoms. The van der Waals surface area contributed by atoms with Crippen molar-refractivity contribution in [2.75, 3.05) is 32.8 Å². The van der Waals surface area contributed by atoms with Gasteiger partial charge in [0, 0.05) is 26.2 Å². The quantitative estimate of drug-likeness (QED) is 0.743. The highest BCUT2D eigenvalue weighted by atomic mass is 16.5. The van der Waals surface area contributed by atoms with E-state index in [4.69, 9.17) is 4.74 Å². The van der Waals surface area contributed by atoms with Crippen molar-refractivity contribution in [1.82, 2.24) is 9.80 Å². The summed E-state index contributed by atoms with van der Waals surface area (Å²) in [6.07, 6.45) is 13.7. The molecule has 0 radical (unpaired) electrons. The summed E-state index contributed by atoms with van der Waals surface area (Å²) in [6.45, 7) is 2.97. The summed E-state index contributed by atoms with van der Waals surface area (Å²) in [7, 11) is 0. The smallest absolute Gasteiger partial charge is 0.248 e. The molecule has 0 spiro atoms. The molecule has 6 rings (SSSR count). The van der Waals surface area contributed by atoms with Crippen molar-refractivity contribution in [1.29, 1.82) is 0 Å². The third kappa shape index (κ3) is 3.59. The van der Waals surface area contributed by atoms with Gasteiger partial charge in [-0.2, -0.15) is 0 Å². The second-order valence-corrected chi connectivity index (χ2v) is 10.4. The van der Waals surface area contributed by atoms with E-state index in [0.717, 1.165) is 49.9 Å². The van der Waals surface area contributed by atoms with Gasteiger partial charge in [-0.05, 0) is 69.1 Å². The molecule has 6 aliphatic rings. The molecule has 156 valence electrons. The van der Waals surface area contributed by atoms with E-state index in [1.54, 1.807) is 0 Å². The van der Waals surface area contributed by atoms with Gasteiger partial charge >= 0.3 is 0 Å². The number of ether oxygens (including phenoxy) is 1. The standard InChI is InChI=1S/C23H36N2O3/c26-21(16-28-20-4-2-1-3-5-20)24-6-8-25(9-7-24)22(27)23-13-17-10-18(14-23)12-19(11-17)15-23/h17-20H,1-16H2. The van der Waals surface area contributed by atoms with Crippen LogP contribution in [-0.2, 0) is 14.3 Å². The van der Waals surface area contributed by atoms with Crippen LogP contribution in [0.5, 0.6) is 0 Å². The van der Waals surface area contributed by atoms with E-state index < -0.39 is 0 Å². The number of carbonyl (C=O) groups is 2. The normalized spacial score (nSPS) is 38.1. The van der Waals surface area contributed by atoms with Crippen molar-refractivity contribution in [3.8, 4) is 0 Å². The Labute approximate surface area is 169 Å². The summed E-state index contributed by atoms with van der Waals surface area (Å²) < 4.78 is 5.87. The molecule has 5 saturated carbocycles. The lowest BCUT2D eigenvalue weighted by molar-refractivity contribution is -0.161. The number of rotatable bonds is 4. The van der Waals surface area contributed by atoms with Gasteiger partial charge in [-0.15, -0.1) is 0 Å². The first-order valence-corrected chi connectivity index (χ1v) is 11.8. The molecule has 0 aromatic heterocycles. The summed E-state index contributed by atoms with van der Waals surface area (Å²) in [5, 5.41) is 0. The monoisotopic (exact) mass is 388 g/mol. The first-order chi connectivity index (χ1) is 13.6. The molecule has 6 fully saturated rings. The predicted octanol–water partition coefficient (Wildman–Crippen LogP) is 3.22. The predicted molar refractivity (Wildman–Crippen MR) is 107 cm³/mol. The first-order valence-electron chi connectivity index (χ1n) is 11.8. The number of hydrogen-bond acceptors (Lipinski definition) is 3. The number of nitrogens with zero attached hydrogens (tertiary/aromatic N) is 2. The van der Waals surface area contributed by atoms with Crippen LogP contribution in [0.1, 0.15) is 70.6 Å². The molecule has 0 N–H and O–H groups in total. The molecule has 1 aliphatic heterocycles. The van der Waals surface area contributed by atoms with Gasteiger partial charge in [0.15, 0.2) is 0 Å². The Hall–Kier alpha value is -1.10. The Morgan fingerprint density at radius 3 is 1.89 bits per heavy atom. The maximum absolute atomic E-state index is 13.5. The molecular weight excluding hydrogens is 352 g/mol. The summed E-state index contributed by atoms with van der Waals surface area (Å²) in [5.41, 5.74) is -0.0506. The van der Waals surface area contributed by atoms with Gasteiger partial charge < -0.3 is 14.5 Å². The summed E-state index contributed by atoms with van der Waals surface area (Å²) >= 11 is 0. The van der Waals surface area contributed by atoms with Gasteiger partial charge in [-0.3, -0.25) is 9.59 Å². The number of hydrogen-bond donors (Lipinski definition) is 0. The minimum Gasteiger partial charge on any atom is -0.368 e. The lowest BCUT2D eigenvalue weighted by atomic mass is 9.49. The van der Waals surface area contributed by atoms with Crippen LogP contribution >= 0.6 is 0 Å². The van der Waals surface area contributed by atoms with Crippen molar-refractivity contribution in [2.24, 2.45) is 23.2 Å². The molecule has 28 heavy (non-hydrogen) atoms. The number of carbonyl (C=O) groups excluding carboxylic acids is 2. The van der Waals surface area contributed by atoms with Gasteiger partial charge in [0.1, 0.15) is 6.61 Å². The molecule has 0 aromatic rings. The second kappa shape index (κ2) is 7.62. The number of piperazine rings is 1. The van der Waals surface area contributed by atoms with E-state index in [2.05, 4.69) is 4.90 Å². The highest BCUT2D eigenvalue weighted by Gasteiger charge is 2.55. The van der Waals surface area contributed by atoms with Crippen LogP contribution in [0.3, 0.4) is 0 Å². The largest absolute Gasteiger partial charge is 0.368 e. The molecule has 0 atom stereocenters. The fraction of sp³-hybridized carbons (Fsp3) is 0.913. The zero-order valence-electron chi connectivity index (χ0n) is 17.2. The molecular formula is C23H36N2O3. The third-order valence-electron chi connectivity index (χ3n) is 8.41. The Bertz CT molecular complexity index is 570. The Morgan fingerprint density at radius 2 is 1.32 bits per heavy atom. The van der Waals surface area contributed by atoms with Crippen molar-refractivity contribution < 1.29 is 14.3 Å². The highest BCUT2D eigenvalue weighted by Crippen LogP contribution is 2.60. The minimum absolute atomic E-state index is 0.0506. The van der Waals surface area contributed by atoms with E-state index in [0.29, 0.717) is 32.1 Å². The van der Waals surface area contributed by atoms with Crippen LogP contribution in [0.2, 0.25) is 0 Å². The average molecular weight is 389 g/mol. The first kappa shape index (κ1) is 18.9. The van der Waals surface area contributed by atoms with Gasteiger partial charge in [-0.1, -0.05) is 19.3 Å². The van der Waals surface area contributed by atoms with E-state index >= 15 is 0 Å². The summed E-state index contributed by atoms with van der Waals surface area (Å²) in [4.78, 5) is 30.0. The molecule has 0 unspecified atom stereocenters. The average Bonchev–Trinajstić information content (AvgIpc) is 2.71. The van der Waals surface area contributed by atoms with E-state index in [1.165, 1.54) is 38.5 Å². The van der Waals surface area contributed by atoms with Crippen molar-refractivity contribution in [3.63, 3.8) is 0 Å². The molecule has 2 amide bonds. The Morgan fingerprint density at radius 1 is 0.786 bits per heavy atom. The lowest BCUT2D eigenvalue weighted by Gasteiger charge is -2.57. The van der Waals surface area contributed by atoms with Crippen LogP contribution in [0, 0.1) is 23.2 Å². The van der Waals surface area contributed by atoms with Crippen LogP contribution in [0.25, 0.3) is 0 Å². The highest BCUT2D eigenvalue weighted by molar-refractivity contribution is 5.84. The maximum Gasteiger partial charge on any atom is 0.248 e. The maximum atomic E-state index is 13.5. The zero-order valence-corrected chi connectivity index (χ0v) is 17.2. The van der Waals surface area contributed by atoms with Crippen LogP contribution in [0.4, 0.5) is 0 Å². The van der Waals surface area contributed by atoms with Crippen molar-refractivity contribution in [2.45, 2.75) is 76.7 Å². The summed E-state index contributed by atoms with van der Waals surface area (Å²) in [5.74, 6) is 2.92. The van der Waals surface area contributed by atoms with Crippen LogP contribution in [0.15, 0.2) is 0 Å². The summed E-state index contributed by atoms with van der Waals surface area (Å²) in [6, 6.07) is 0. The number of amides is 2. The zero-order chi connectivity index (χ0) is 19.1. The van der Waals surface area contributed by atoms with E-state index in [9.17, 15) is 9.59 Å². The van der Waals surface area contributed by atoms with Gasteiger partial charge in [-0.25, -0.2) is 0 Å². The van der Waals surface area contributed by atoms with Gasteiger partial charge in [0.25, 0.3) is 0 Å².